The molecule has 22 heavy (non-hydrogen) atoms. The predicted molar refractivity (Wildman–Crippen MR) is 80.4 cm³/mol. The van der Waals surface area contributed by atoms with Gasteiger partial charge in [-0.25, -0.2) is 0 Å². The molecule has 0 aromatic carbocycles. The summed E-state index contributed by atoms with van der Waals surface area (Å²) in [6, 6.07) is 0. The Bertz CT molecular complexity index is 497. The molecule has 2 atom stereocenters. The van der Waals surface area contributed by atoms with Crippen LogP contribution in [0.1, 0.15) is 63.1 Å². The summed E-state index contributed by atoms with van der Waals surface area (Å²) in [4.78, 5) is 18.8. The van der Waals surface area contributed by atoms with Crippen molar-refractivity contribution in [1.82, 2.24) is 15.0 Å². The van der Waals surface area contributed by atoms with Crippen LogP contribution in [0.5, 0.6) is 0 Å². The lowest BCUT2D eigenvalue weighted by Gasteiger charge is -2.31. The summed E-state index contributed by atoms with van der Waals surface area (Å²) in [5.74, 6) is 1.88. The van der Waals surface area contributed by atoms with Crippen molar-refractivity contribution in [3.8, 4) is 0 Å². The summed E-state index contributed by atoms with van der Waals surface area (Å²) in [5, 5.41) is 4.07. The fraction of sp³-hybridized carbons (Fsp3) is 0.812. The molecule has 122 valence electrons. The highest BCUT2D eigenvalue weighted by molar-refractivity contribution is 5.76. The van der Waals surface area contributed by atoms with Crippen LogP contribution in [0.25, 0.3) is 0 Å². The third-order valence-corrected chi connectivity index (χ3v) is 4.63. The number of amides is 1. The average molecular weight is 307 g/mol. The van der Waals surface area contributed by atoms with E-state index in [0.29, 0.717) is 18.9 Å². The van der Waals surface area contributed by atoms with Crippen molar-refractivity contribution in [2.45, 2.75) is 63.9 Å². The van der Waals surface area contributed by atoms with E-state index >= 15 is 0 Å². The monoisotopic (exact) mass is 307 g/mol. The van der Waals surface area contributed by atoms with E-state index in [2.05, 4.69) is 10.1 Å². The van der Waals surface area contributed by atoms with Crippen LogP contribution in [-0.4, -0.2) is 46.7 Å². The van der Waals surface area contributed by atoms with Gasteiger partial charge in [-0.2, -0.15) is 4.98 Å². The molecule has 2 aliphatic rings. The standard InChI is InChI=1S/C16H25N3O3/c1-2-14-17-16(18-22-14)12-5-3-9-19(11-12)15(20)8-7-13-6-4-10-21-13/h12-13H,2-11H2,1H3/t12-,13+/m1/s1. The molecule has 0 aliphatic carbocycles. The third-order valence-electron chi connectivity index (χ3n) is 4.63. The minimum absolute atomic E-state index is 0.212. The molecule has 6 heteroatoms. The van der Waals surface area contributed by atoms with Gasteiger partial charge in [0.05, 0.1) is 6.10 Å². The molecule has 2 aliphatic heterocycles. The minimum atomic E-state index is 0.212. The zero-order chi connectivity index (χ0) is 15.4. The Hall–Kier alpha value is -1.43. The lowest BCUT2D eigenvalue weighted by molar-refractivity contribution is -0.133. The lowest BCUT2D eigenvalue weighted by Crippen LogP contribution is -2.39. The number of ether oxygens (including phenoxy) is 1. The summed E-state index contributed by atoms with van der Waals surface area (Å²) in [7, 11) is 0. The molecule has 0 spiro atoms. The number of carbonyl (C=O) groups is 1. The van der Waals surface area contributed by atoms with Crippen molar-refractivity contribution in [3.63, 3.8) is 0 Å². The lowest BCUT2D eigenvalue weighted by atomic mass is 9.97. The summed E-state index contributed by atoms with van der Waals surface area (Å²) < 4.78 is 10.8. The Morgan fingerprint density at radius 2 is 2.27 bits per heavy atom. The van der Waals surface area contributed by atoms with Crippen LogP contribution in [0.3, 0.4) is 0 Å². The Morgan fingerprint density at radius 3 is 3.00 bits per heavy atom. The molecule has 0 radical (unpaired) electrons. The van der Waals surface area contributed by atoms with Gasteiger partial charge in [0.15, 0.2) is 5.82 Å². The highest BCUT2D eigenvalue weighted by atomic mass is 16.5. The van der Waals surface area contributed by atoms with E-state index in [-0.39, 0.29) is 17.9 Å². The van der Waals surface area contributed by atoms with Gasteiger partial charge in [0, 0.05) is 38.5 Å². The highest BCUT2D eigenvalue weighted by Crippen LogP contribution is 2.26. The number of nitrogens with zero attached hydrogens (tertiary/aromatic N) is 3. The fourth-order valence-electron chi connectivity index (χ4n) is 3.31. The molecule has 6 nitrogen and oxygen atoms in total. The third kappa shape index (κ3) is 3.66. The molecule has 0 unspecified atom stereocenters. The van der Waals surface area contributed by atoms with E-state index in [1.165, 1.54) is 0 Å². The summed E-state index contributed by atoms with van der Waals surface area (Å²) in [6.45, 7) is 4.41. The molecule has 1 aromatic heterocycles. The van der Waals surface area contributed by atoms with Gasteiger partial charge in [-0.15, -0.1) is 0 Å². The van der Waals surface area contributed by atoms with Gasteiger partial charge in [0.2, 0.25) is 11.8 Å². The molecule has 0 N–H and O–H groups in total. The first-order chi connectivity index (χ1) is 10.8. The maximum atomic E-state index is 12.4. The van der Waals surface area contributed by atoms with Crippen LogP contribution in [0.2, 0.25) is 0 Å². The number of hydrogen-bond donors (Lipinski definition) is 0. The maximum Gasteiger partial charge on any atom is 0.226 e. The van der Waals surface area contributed by atoms with Gasteiger partial charge < -0.3 is 14.2 Å². The Morgan fingerprint density at radius 1 is 1.36 bits per heavy atom. The van der Waals surface area contributed by atoms with E-state index in [0.717, 1.165) is 57.5 Å². The van der Waals surface area contributed by atoms with Gasteiger partial charge in [-0.05, 0) is 32.1 Å². The summed E-state index contributed by atoms with van der Waals surface area (Å²) >= 11 is 0. The van der Waals surface area contributed by atoms with Crippen LogP contribution >= 0.6 is 0 Å². The van der Waals surface area contributed by atoms with Crippen LogP contribution in [0.15, 0.2) is 4.52 Å². The Labute approximate surface area is 131 Å². The van der Waals surface area contributed by atoms with Gasteiger partial charge in [-0.1, -0.05) is 12.1 Å². The van der Waals surface area contributed by atoms with Crippen molar-refractivity contribution in [2.24, 2.45) is 0 Å². The second kappa shape index (κ2) is 7.22. The molecule has 1 amide bonds. The van der Waals surface area contributed by atoms with Crippen molar-refractivity contribution < 1.29 is 14.1 Å². The van der Waals surface area contributed by atoms with Gasteiger partial charge in [0.1, 0.15) is 0 Å². The number of aromatic nitrogens is 2. The van der Waals surface area contributed by atoms with Crippen molar-refractivity contribution in [2.75, 3.05) is 19.7 Å². The molecule has 0 bridgehead atoms. The number of carbonyl (C=O) groups excluding carboxylic acids is 1. The van der Waals surface area contributed by atoms with Gasteiger partial charge in [0.25, 0.3) is 0 Å². The molecule has 3 rings (SSSR count). The number of likely N-dealkylation sites (tertiary alicyclic amines) is 1. The first kappa shape index (κ1) is 15.5. The van der Waals surface area contributed by atoms with Crippen molar-refractivity contribution >= 4 is 5.91 Å². The number of piperidine rings is 1. The van der Waals surface area contributed by atoms with Gasteiger partial charge in [-0.3, -0.25) is 4.79 Å². The van der Waals surface area contributed by atoms with Crippen LogP contribution in [0.4, 0.5) is 0 Å². The Balaban J connectivity index is 1.51. The molecule has 2 saturated heterocycles. The van der Waals surface area contributed by atoms with E-state index in [9.17, 15) is 4.79 Å². The second-order valence-electron chi connectivity index (χ2n) is 6.25. The number of hydrogen-bond acceptors (Lipinski definition) is 5. The topological polar surface area (TPSA) is 68.5 Å². The van der Waals surface area contributed by atoms with Crippen molar-refractivity contribution in [3.05, 3.63) is 11.7 Å². The Kier molecular flexibility index (Phi) is 5.08. The molecule has 1 aromatic rings. The first-order valence-electron chi connectivity index (χ1n) is 8.48. The van der Waals surface area contributed by atoms with E-state index in [1.54, 1.807) is 0 Å². The van der Waals surface area contributed by atoms with Crippen LogP contribution < -0.4 is 0 Å². The maximum absolute atomic E-state index is 12.4. The van der Waals surface area contributed by atoms with Crippen LogP contribution in [-0.2, 0) is 16.0 Å². The normalized spacial score (nSPS) is 25.6. The van der Waals surface area contributed by atoms with Crippen molar-refractivity contribution in [1.29, 1.82) is 0 Å². The molecule has 2 fully saturated rings. The minimum Gasteiger partial charge on any atom is -0.378 e. The average Bonchev–Trinajstić information content (AvgIpc) is 3.24. The smallest absolute Gasteiger partial charge is 0.226 e. The number of rotatable bonds is 5. The zero-order valence-corrected chi connectivity index (χ0v) is 13.3. The largest absolute Gasteiger partial charge is 0.378 e. The number of aryl methyl sites for hydroxylation is 1. The summed E-state index contributed by atoms with van der Waals surface area (Å²) in [6.07, 6.45) is 6.73. The SMILES string of the molecule is CCc1nc([C@@H]2CCCN(C(=O)CC[C@@H]3CCCO3)C2)no1. The molecular formula is C16H25N3O3. The van der Waals surface area contributed by atoms with E-state index in [4.69, 9.17) is 9.26 Å². The van der Waals surface area contributed by atoms with Crippen LogP contribution in [0, 0.1) is 0 Å². The van der Waals surface area contributed by atoms with E-state index in [1.807, 2.05) is 11.8 Å². The summed E-state index contributed by atoms with van der Waals surface area (Å²) in [5.41, 5.74) is 0. The molecule has 0 saturated carbocycles. The molecule has 3 heterocycles. The van der Waals surface area contributed by atoms with E-state index < -0.39 is 0 Å². The van der Waals surface area contributed by atoms with Gasteiger partial charge >= 0.3 is 0 Å². The molecular weight excluding hydrogens is 282 g/mol. The second-order valence-corrected chi connectivity index (χ2v) is 6.25. The zero-order valence-electron chi connectivity index (χ0n) is 13.3. The quantitative estimate of drug-likeness (QED) is 0.835. The highest BCUT2D eigenvalue weighted by Gasteiger charge is 2.28. The predicted octanol–water partition coefficient (Wildman–Crippen LogP) is 2.30. The fourth-order valence-corrected chi connectivity index (χ4v) is 3.31. The first-order valence-corrected chi connectivity index (χ1v) is 8.48.